The molecule has 2 heterocycles. The second kappa shape index (κ2) is 6.16. The van der Waals surface area contributed by atoms with Crippen LogP contribution in [-0.2, 0) is 4.79 Å². The van der Waals surface area contributed by atoms with Crippen molar-refractivity contribution in [2.24, 2.45) is 0 Å². The topological polar surface area (TPSA) is 43.9 Å². The van der Waals surface area contributed by atoms with Crippen LogP contribution in [0, 0.1) is 0 Å². The van der Waals surface area contributed by atoms with Crippen molar-refractivity contribution >= 4 is 23.2 Å². The summed E-state index contributed by atoms with van der Waals surface area (Å²) in [6.45, 7) is 2.93. The van der Waals surface area contributed by atoms with Gasteiger partial charge in [-0.2, -0.15) is 0 Å². The fourth-order valence-corrected chi connectivity index (χ4v) is 2.78. The molecular weight excluding hydrogens is 262 g/mol. The van der Waals surface area contributed by atoms with Crippen LogP contribution in [-0.4, -0.2) is 73.3 Å². The first-order valence-corrected chi connectivity index (χ1v) is 7.21. The number of likely N-dealkylation sites (N-methyl/N-ethyl adjacent to an activating group) is 1. The van der Waals surface area contributed by atoms with Crippen molar-refractivity contribution in [1.82, 2.24) is 14.7 Å². The Morgan fingerprint density at radius 3 is 2.37 bits per heavy atom. The fraction of sp³-hybridized carbons (Fsp3) is 0.538. The first-order valence-electron chi connectivity index (χ1n) is 6.33. The predicted octanol–water partition coefficient (Wildman–Crippen LogP) is 0.594. The van der Waals surface area contributed by atoms with Crippen LogP contribution in [0.5, 0.6) is 0 Å². The molecule has 0 aromatic carbocycles. The average molecular weight is 281 g/mol. The maximum Gasteiger partial charge on any atom is 0.264 e. The third-order valence-electron chi connectivity index (χ3n) is 3.10. The van der Waals surface area contributed by atoms with Crippen molar-refractivity contribution in [3.05, 3.63) is 22.4 Å². The summed E-state index contributed by atoms with van der Waals surface area (Å²) >= 11 is 1.46. The number of thiophene rings is 1. The Morgan fingerprint density at radius 2 is 1.84 bits per heavy atom. The molecular formula is C13H19N3O2S. The van der Waals surface area contributed by atoms with E-state index in [0.29, 0.717) is 32.7 Å². The van der Waals surface area contributed by atoms with E-state index in [1.54, 1.807) is 0 Å². The molecule has 0 unspecified atom stereocenters. The summed E-state index contributed by atoms with van der Waals surface area (Å²) in [5, 5.41) is 1.91. The van der Waals surface area contributed by atoms with E-state index < -0.39 is 0 Å². The predicted molar refractivity (Wildman–Crippen MR) is 75.4 cm³/mol. The first kappa shape index (κ1) is 14.0. The van der Waals surface area contributed by atoms with E-state index in [1.807, 2.05) is 46.3 Å². The Balaban J connectivity index is 1.86. The van der Waals surface area contributed by atoms with Crippen molar-refractivity contribution in [3.8, 4) is 0 Å². The van der Waals surface area contributed by atoms with Crippen molar-refractivity contribution < 1.29 is 9.59 Å². The highest BCUT2D eigenvalue weighted by Gasteiger charge is 2.25. The van der Waals surface area contributed by atoms with Gasteiger partial charge in [-0.15, -0.1) is 11.3 Å². The summed E-state index contributed by atoms with van der Waals surface area (Å²) in [6, 6.07) is 3.73. The third kappa shape index (κ3) is 3.54. The molecule has 0 radical (unpaired) electrons. The number of nitrogens with zero attached hydrogens (tertiary/aromatic N) is 3. The first-order chi connectivity index (χ1) is 9.08. The lowest BCUT2D eigenvalue weighted by Gasteiger charge is -2.35. The molecule has 1 aliphatic heterocycles. The van der Waals surface area contributed by atoms with Crippen LogP contribution in [0.25, 0.3) is 0 Å². The minimum atomic E-state index is 0.0784. The van der Waals surface area contributed by atoms with Crippen molar-refractivity contribution in [2.45, 2.75) is 0 Å². The van der Waals surface area contributed by atoms with E-state index in [-0.39, 0.29) is 11.8 Å². The zero-order valence-electron chi connectivity index (χ0n) is 11.3. The zero-order valence-corrected chi connectivity index (χ0v) is 12.2. The largest absolute Gasteiger partial charge is 0.338 e. The molecule has 0 aliphatic carbocycles. The molecule has 0 atom stereocenters. The third-order valence-corrected chi connectivity index (χ3v) is 3.96. The minimum absolute atomic E-state index is 0.0784. The number of rotatable bonds is 3. The van der Waals surface area contributed by atoms with E-state index in [1.165, 1.54) is 11.3 Å². The molecule has 19 heavy (non-hydrogen) atoms. The Hall–Kier alpha value is -1.40. The molecule has 1 saturated heterocycles. The highest BCUT2D eigenvalue weighted by molar-refractivity contribution is 7.12. The number of hydrogen-bond donors (Lipinski definition) is 0. The van der Waals surface area contributed by atoms with Gasteiger partial charge in [0.2, 0.25) is 5.91 Å². The van der Waals surface area contributed by atoms with Gasteiger partial charge in [-0.05, 0) is 25.5 Å². The number of carbonyl (C=O) groups is 2. The Kier molecular flexibility index (Phi) is 4.55. The van der Waals surface area contributed by atoms with Gasteiger partial charge in [0, 0.05) is 26.2 Å². The molecule has 2 amide bonds. The maximum absolute atomic E-state index is 12.1. The summed E-state index contributed by atoms with van der Waals surface area (Å²) < 4.78 is 0. The maximum atomic E-state index is 12.1. The Labute approximate surface area is 117 Å². The van der Waals surface area contributed by atoms with Gasteiger partial charge in [0.05, 0.1) is 11.4 Å². The quantitative estimate of drug-likeness (QED) is 0.815. The molecule has 0 spiro atoms. The summed E-state index contributed by atoms with van der Waals surface area (Å²) in [4.78, 5) is 30.3. The SMILES string of the molecule is CN(C)CC(=O)N1CCN(C(=O)c2cccs2)CC1. The highest BCUT2D eigenvalue weighted by Crippen LogP contribution is 2.13. The van der Waals surface area contributed by atoms with Crippen molar-refractivity contribution in [1.29, 1.82) is 0 Å². The van der Waals surface area contributed by atoms with Gasteiger partial charge >= 0.3 is 0 Å². The van der Waals surface area contributed by atoms with Crippen molar-refractivity contribution in [2.75, 3.05) is 46.8 Å². The molecule has 104 valence electrons. The summed E-state index contributed by atoms with van der Waals surface area (Å²) in [7, 11) is 3.77. The van der Waals surface area contributed by atoms with Crippen LogP contribution < -0.4 is 0 Å². The smallest absolute Gasteiger partial charge is 0.264 e. The molecule has 1 aromatic heterocycles. The second-order valence-electron chi connectivity index (χ2n) is 4.89. The Morgan fingerprint density at radius 1 is 1.21 bits per heavy atom. The van der Waals surface area contributed by atoms with Crippen LogP contribution in [0.2, 0.25) is 0 Å². The second-order valence-corrected chi connectivity index (χ2v) is 5.84. The van der Waals surface area contributed by atoms with Crippen LogP contribution in [0.1, 0.15) is 9.67 Å². The van der Waals surface area contributed by atoms with E-state index in [4.69, 9.17) is 0 Å². The summed E-state index contributed by atoms with van der Waals surface area (Å²) in [5.74, 6) is 0.211. The normalized spacial score (nSPS) is 15.9. The zero-order chi connectivity index (χ0) is 13.8. The molecule has 1 aliphatic rings. The molecule has 0 N–H and O–H groups in total. The number of piperazine rings is 1. The van der Waals surface area contributed by atoms with E-state index in [9.17, 15) is 9.59 Å². The monoisotopic (exact) mass is 281 g/mol. The molecule has 1 aromatic rings. The standard InChI is InChI=1S/C13H19N3O2S/c1-14(2)10-12(17)15-5-7-16(8-6-15)13(18)11-4-3-9-19-11/h3-4,9H,5-8,10H2,1-2H3. The molecule has 1 fully saturated rings. The van der Waals surface area contributed by atoms with Gasteiger partial charge in [-0.25, -0.2) is 0 Å². The highest BCUT2D eigenvalue weighted by atomic mass is 32.1. The van der Waals surface area contributed by atoms with Crippen LogP contribution in [0.15, 0.2) is 17.5 Å². The van der Waals surface area contributed by atoms with Crippen LogP contribution >= 0.6 is 11.3 Å². The number of carbonyl (C=O) groups excluding carboxylic acids is 2. The molecule has 2 rings (SSSR count). The van der Waals surface area contributed by atoms with Crippen LogP contribution in [0.4, 0.5) is 0 Å². The molecule has 0 bridgehead atoms. The molecule has 6 heteroatoms. The van der Waals surface area contributed by atoms with Crippen molar-refractivity contribution in [3.63, 3.8) is 0 Å². The number of amides is 2. The lowest BCUT2D eigenvalue weighted by molar-refractivity contribution is -0.133. The van der Waals surface area contributed by atoms with Gasteiger partial charge in [0.25, 0.3) is 5.91 Å². The van der Waals surface area contributed by atoms with Gasteiger partial charge < -0.3 is 14.7 Å². The Bertz CT molecular complexity index is 437. The minimum Gasteiger partial charge on any atom is -0.338 e. The average Bonchev–Trinajstić information content (AvgIpc) is 2.91. The van der Waals surface area contributed by atoms with E-state index >= 15 is 0 Å². The summed E-state index contributed by atoms with van der Waals surface area (Å²) in [6.07, 6.45) is 0. The van der Waals surface area contributed by atoms with E-state index in [2.05, 4.69) is 0 Å². The van der Waals surface area contributed by atoms with Gasteiger partial charge in [-0.1, -0.05) is 6.07 Å². The number of hydrogen-bond acceptors (Lipinski definition) is 4. The van der Waals surface area contributed by atoms with Gasteiger partial charge in [-0.3, -0.25) is 9.59 Å². The molecule has 5 nitrogen and oxygen atoms in total. The summed E-state index contributed by atoms with van der Waals surface area (Å²) in [5.41, 5.74) is 0. The van der Waals surface area contributed by atoms with E-state index in [0.717, 1.165) is 4.88 Å². The fourth-order valence-electron chi connectivity index (χ4n) is 2.09. The lowest BCUT2D eigenvalue weighted by Crippen LogP contribution is -2.52. The van der Waals surface area contributed by atoms with Gasteiger partial charge in [0.15, 0.2) is 0 Å². The molecule has 0 saturated carbocycles. The van der Waals surface area contributed by atoms with Gasteiger partial charge in [0.1, 0.15) is 0 Å². The van der Waals surface area contributed by atoms with Crippen LogP contribution in [0.3, 0.4) is 0 Å². The lowest BCUT2D eigenvalue weighted by atomic mass is 10.3.